The van der Waals surface area contributed by atoms with Gasteiger partial charge >= 0.3 is 0 Å². The van der Waals surface area contributed by atoms with Crippen molar-refractivity contribution in [2.75, 3.05) is 13.2 Å². The molecule has 0 bridgehead atoms. The molecule has 0 amide bonds. The van der Waals surface area contributed by atoms with Gasteiger partial charge in [-0.15, -0.1) is 0 Å². The number of thiol groups is 1. The molecule has 0 aliphatic carbocycles. The predicted octanol–water partition coefficient (Wildman–Crippen LogP) is 2.51. The topological polar surface area (TPSA) is 21.3 Å². The molecule has 1 rings (SSSR count). The third-order valence-corrected chi connectivity index (χ3v) is 2.40. The van der Waals surface area contributed by atoms with Crippen molar-refractivity contribution in [1.82, 2.24) is 4.72 Å². The van der Waals surface area contributed by atoms with Crippen LogP contribution in [0.2, 0.25) is 0 Å². The molecule has 0 aromatic heterocycles. The number of nitrogens with one attached hydrogen (secondary N) is 1. The predicted molar refractivity (Wildman–Crippen MR) is 63.0 cm³/mol. The standard InChI is InChI=1S/C11H17NOS/c1-9-4-5-11(8-10(9)2)13-7-3-6-12-14/h4-5,8,12,14H,3,6-7H2,1-2H3. The van der Waals surface area contributed by atoms with Crippen LogP contribution in [0.4, 0.5) is 0 Å². The van der Waals surface area contributed by atoms with Gasteiger partial charge in [-0.1, -0.05) is 18.9 Å². The maximum Gasteiger partial charge on any atom is 0.119 e. The molecule has 14 heavy (non-hydrogen) atoms. The lowest BCUT2D eigenvalue weighted by Gasteiger charge is -2.07. The fourth-order valence-corrected chi connectivity index (χ4v) is 1.30. The van der Waals surface area contributed by atoms with E-state index in [1.807, 2.05) is 6.07 Å². The van der Waals surface area contributed by atoms with Crippen LogP contribution in [0.5, 0.6) is 5.75 Å². The Balaban J connectivity index is 2.39. The van der Waals surface area contributed by atoms with Crippen molar-refractivity contribution in [3.05, 3.63) is 29.3 Å². The third-order valence-electron chi connectivity index (χ3n) is 2.18. The van der Waals surface area contributed by atoms with E-state index >= 15 is 0 Å². The second-order valence-corrected chi connectivity index (χ2v) is 3.67. The minimum absolute atomic E-state index is 0.732. The van der Waals surface area contributed by atoms with Crippen LogP contribution in [0.3, 0.4) is 0 Å². The quantitative estimate of drug-likeness (QED) is 0.577. The van der Waals surface area contributed by atoms with Gasteiger partial charge in [0.2, 0.25) is 0 Å². The molecule has 1 N–H and O–H groups in total. The summed E-state index contributed by atoms with van der Waals surface area (Å²) < 4.78 is 8.36. The van der Waals surface area contributed by atoms with Gasteiger partial charge in [0.05, 0.1) is 6.61 Å². The number of hydrogen-bond donors (Lipinski definition) is 2. The summed E-state index contributed by atoms with van der Waals surface area (Å²) in [5.41, 5.74) is 2.57. The van der Waals surface area contributed by atoms with Gasteiger partial charge in [-0.05, 0) is 43.5 Å². The molecular weight excluding hydrogens is 194 g/mol. The van der Waals surface area contributed by atoms with Crippen LogP contribution < -0.4 is 9.46 Å². The molecule has 78 valence electrons. The monoisotopic (exact) mass is 211 g/mol. The molecule has 1 aromatic rings. The zero-order valence-electron chi connectivity index (χ0n) is 8.71. The summed E-state index contributed by atoms with van der Waals surface area (Å²) in [6.45, 7) is 5.80. The van der Waals surface area contributed by atoms with E-state index in [2.05, 4.69) is 43.5 Å². The van der Waals surface area contributed by atoms with Gasteiger partial charge in [0.25, 0.3) is 0 Å². The molecule has 0 saturated heterocycles. The van der Waals surface area contributed by atoms with Crippen LogP contribution in [0.1, 0.15) is 17.5 Å². The average Bonchev–Trinajstić information content (AvgIpc) is 2.18. The number of hydrogen-bond acceptors (Lipinski definition) is 3. The van der Waals surface area contributed by atoms with Gasteiger partial charge in [0, 0.05) is 6.54 Å². The lowest BCUT2D eigenvalue weighted by atomic mass is 10.1. The zero-order chi connectivity index (χ0) is 10.4. The Morgan fingerprint density at radius 3 is 2.71 bits per heavy atom. The smallest absolute Gasteiger partial charge is 0.119 e. The van der Waals surface area contributed by atoms with Crippen molar-refractivity contribution in [2.24, 2.45) is 0 Å². The first-order chi connectivity index (χ1) is 6.74. The Labute approximate surface area is 91.2 Å². The lowest BCUT2D eigenvalue weighted by Crippen LogP contribution is -2.07. The van der Waals surface area contributed by atoms with Crippen LogP contribution in [-0.4, -0.2) is 13.2 Å². The van der Waals surface area contributed by atoms with Crippen molar-refractivity contribution in [2.45, 2.75) is 20.3 Å². The van der Waals surface area contributed by atoms with Crippen LogP contribution >= 0.6 is 12.8 Å². The van der Waals surface area contributed by atoms with Crippen LogP contribution in [0, 0.1) is 13.8 Å². The molecule has 0 saturated carbocycles. The van der Waals surface area contributed by atoms with Crippen LogP contribution in [0.25, 0.3) is 0 Å². The third kappa shape index (κ3) is 3.60. The Bertz CT molecular complexity index is 289. The van der Waals surface area contributed by atoms with E-state index in [4.69, 9.17) is 4.74 Å². The molecule has 0 spiro atoms. The summed E-state index contributed by atoms with van der Waals surface area (Å²) in [5.74, 6) is 0.951. The molecule has 0 atom stereocenters. The fourth-order valence-electron chi connectivity index (χ4n) is 1.14. The van der Waals surface area contributed by atoms with E-state index in [1.54, 1.807) is 0 Å². The largest absolute Gasteiger partial charge is 0.494 e. The molecule has 3 heteroatoms. The number of aryl methyl sites for hydroxylation is 2. The summed E-state index contributed by atoms with van der Waals surface area (Å²) in [4.78, 5) is 0. The van der Waals surface area contributed by atoms with Crippen molar-refractivity contribution in [3.8, 4) is 5.75 Å². The minimum Gasteiger partial charge on any atom is -0.494 e. The van der Waals surface area contributed by atoms with Gasteiger partial charge < -0.3 is 4.74 Å². The Hall–Kier alpha value is -0.670. The summed E-state index contributed by atoms with van der Waals surface area (Å²) >= 11 is 3.91. The van der Waals surface area contributed by atoms with Crippen LogP contribution in [0.15, 0.2) is 18.2 Å². The summed E-state index contributed by atoms with van der Waals surface area (Å²) in [7, 11) is 0. The highest BCUT2D eigenvalue weighted by molar-refractivity contribution is 7.78. The van der Waals surface area contributed by atoms with Crippen molar-refractivity contribution < 1.29 is 4.74 Å². The highest BCUT2D eigenvalue weighted by atomic mass is 32.1. The molecule has 0 unspecified atom stereocenters. The maximum absolute atomic E-state index is 5.57. The summed E-state index contributed by atoms with van der Waals surface area (Å²) in [6.07, 6.45) is 0.969. The van der Waals surface area contributed by atoms with Gasteiger partial charge in [-0.2, -0.15) is 0 Å². The molecule has 2 nitrogen and oxygen atoms in total. The molecule has 0 heterocycles. The Morgan fingerprint density at radius 2 is 2.07 bits per heavy atom. The van der Waals surface area contributed by atoms with Gasteiger partial charge in [-0.25, -0.2) is 0 Å². The summed E-state index contributed by atoms with van der Waals surface area (Å²) in [6, 6.07) is 6.17. The first-order valence-electron chi connectivity index (χ1n) is 4.81. The van der Waals surface area contributed by atoms with Crippen LogP contribution in [-0.2, 0) is 0 Å². The van der Waals surface area contributed by atoms with E-state index < -0.39 is 0 Å². The SMILES string of the molecule is Cc1ccc(OCCCNS)cc1C. The van der Waals surface area contributed by atoms with Gasteiger partial charge in [0.15, 0.2) is 0 Å². The van der Waals surface area contributed by atoms with E-state index in [1.165, 1.54) is 11.1 Å². The Kier molecular flexibility index (Phi) is 4.84. The lowest BCUT2D eigenvalue weighted by molar-refractivity contribution is 0.312. The number of ether oxygens (including phenoxy) is 1. The maximum atomic E-state index is 5.57. The van der Waals surface area contributed by atoms with Gasteiger partial charge in [0.1, 0.15) is 5.75 Å². The van der Waals surface area contributed by atoms with E-state index in [0.29, 0.717) is 0 Å². The van der Waals surface area contributed by atoms with Crippen molar-refractivity contribution >= 4 is 12.8 Å². The first-order valence-corrected chi connectivity index (χ1v) is 5.26. The second-order valence-electron chi connectivity index (χ2n) is 3.36. The Morgan fingerprint density at radius 1 is 1.29 bits per heavy atom. The van der Waals surface area contributed by atoms with Crippen molar-refractivity contribution in [1.29, 1.82) is 0 Å². The second kappa shape index (κ2) is 5.94. The molecule has 0 aliphatic rings. The molecule has 1 aromatic carbocycles. The molecular formula is C11H17NOS. The highest BCUT2D eigenvalue weighted by Crippen LogP contribution is 2.16. The van der Waals surface area contributed by atoms with E-state index in [-0.39, 0.29) is 0 Å². The molecule has 0 aliphatic heterocycles. The van der Waals surface area contributed by atoms with E-state index in [9.17, 15) is 0 Å². The average molecular weight is 211 g/mol. The summed E-state index contributed by atoms with van der Waals surface area (Å²) in [5, 5.41) is 0. The zero-order valence-corrected chi connectivity index (χ0v) is 9.60. The first kappa shape index (κ1) is 11.4. The molecule has 0 fully saturated rings. The minimum atomic E-state index is 0.732. The number of rotatable bonds is 5. The van der Waals surface area contributed by atoms with Gasteiger partial charge in [-0.3, -0.25) is 4.72 Å². The molecule has 0 radical (unpaired) electrons. The number of benzene rings is 1. The van der Waals surface area contributed by atoms with E-state index in [0.717, 1.165) is 25.3 Å². The highest BCUT2D eigenvalue weighted by Gasteiger charge is 1.96. The van der Waals surface area contributed by atoms with Crippen molar-refractivity contribution in [3.63, 3.8) is 0 Å². The fraction of sp³-hybridized carbons (Fsp3) is 0.455. The normalized spacial score (nSPS) is 10.2.